The molecular weight excluding hydrogens is 232 g/mol. The normalized spacial score (nSPS) is 12.7. The molecule has 1 aromatic heterocycles. The number of hydrogen-bond acceptors (Lipinski definition) is 4. The average Bonchev–Trinajstić information content (AvgIpc) is 2.27. The molecule has 1 unspecified atom stereocenters. The van der Waals surface area contributed by atoms with E-state index < -0.39 is 17.6 Å². The van der Waals surface area contributed by atoms with Crippen LogP contribution >= 0.6 is 0 Å². The van der Waals surface area contributed by atoms with Crippen molar-refractivity contribution in [3.8, 4) is 0 Å². The van der Waals surface area contributed by atoms with Crippen LogP contribution in [0.15, 0.2) is 24.5 Å². The number of nitrogens with one attached hydrogen (secondary N) is 1. The highest BCUT2D eigenvalue weighted by Crippen LogP contribution is 2.08. The second kappa shape index (κ2) is 5.62. The van der Waals surface area contributed by atoms with E-state index in [0.717, 1.165) is 0 Å². The van der Waals surface area contributed by atoms with E-state index in [0.29, 0.717) is 5.56 Å². The molecular formula is C13H18N2O3. The molecule has 1 rings (SSSR count). The second-order valence-corrected chi connectivity index (χ2v) is 4.97. The Hall–Kier alpha value is -1.91. The first kappa shape index (κ1) is 14.2. The first-order chi connectivity index (χ1) is 8.29. The number of hydrogen-bond donors (Lipinski definition) is 1. The molecule has 0 saturated carbocycles. The number of aromatic nitrogens is 1. The maximum atomic E-state index is 11.8. The van der Waals surface area contributed by atoms with Gasteiger partial charge >= 0.3 is 5.97 Å². The van der Waals surface area contributed by atoms with E-state index in [1.165, 1.54) is 6.20 Å². The highest BCUT2D eigenvalue weighted by atomic mass is 16.6. The van der Waals surface area contributed by atoms with Crippen molar-refractivity contribution in [3.63, 3.8) is 0 Å². The molecule has 0 aliphatic rings. The lowest BCUT2D eigenvalue weighted by Crippen LogP contribution is -2.42. The maximum absolute atomic E-state index is 11.8. The summed E-state index contributed by atoms with van der Waals surface area (Å²) in [5, 5.41) is 2.57. The molecule has 1 aromatic rings. The predicted molar refractivity (Wildman–Crippen MR) is 67.0 cm³/mol. The topological polar surface area (TPSA) is 68.3 Å². The number of rotatable bonds is 3. The van der Waals surface area contributed by atoms with Gasteiger partial charge in [0.15, 0.2) is 0 Å². The van der Waals surface area contributed by atoms with Crippen molar-refractivity contribution in [2.45, 2.75) is 39.3 Å². The molecule has 0 aliphatic carbocycles. The van der Waals surface area contributed by atoms with Crippen molar-refractivity contribution >= 4 is 11.9 Å². The van der Waals surface area contributed by atoms with Gasteiger partial charge in [-0.1, -0.05) is 0 Å². The minimum Gasteiger partial charge on any atom is -0.458 e. The third-order valence-electron chi connectivity index (χ3n) is 2.03. The van der Waals surface area contributed by atoms with Gasteiger partial charge in [0.1, 0.15) is 11.6 Å². The van der Waals surface area contributed by atoms with Crippen LogP contribution in [0.4, 0.5) is 0 Å². The van der Waals surface area contributed by atoms with Gasteiger partial charge in [-0.15, -0.1) is 0 Å². The van der Waals surface area contributed by atoms with Crippen LogP contribution in [-0.2, 0) is 9.53 Å². The molecule has 0 fully saturated rings. The first-order valence-corrected chi connectivity index (χ1v) is 5.73. The maximum Gasteiger partial charge on any atom is 0.328 e. The summed E-state index contributed by atoms with van der Waals surface area (Å²) >= 11 is 0. The van der Waals surface area contributed by atoms with Gasteiger partial charge in [0.25, 0.3) is 5.91 Å². The second-order valence-electron chi connectivity index (χ2n) is 4.97. The van der Waals surface area contributed by atoms with Crippen molar-refractivity contribution in [2.75, 3.05) is 0 Å². The van der Waals surface area contributed by atoms with Gasteiger partial charge in [-0.25, -0.2) is 4.79 Å². The lowest BCUT2D eigenvalue weighted by atomic mass is 10.2. The molecule has 0 spiro atoms. The molecule has 18 heavy (non-hydrogen) atoms. The summed E-state index contributed by atoms with van der Waals surface area (Å²) in [5.41, 5.74) is -0.155. The Morgan fingerprint density at radius 3 is 2.56 bits per heavy atom. The SMILES string of the molecule is CC(NC(=O)c1cccnc1)C(=O)OC(C)(C)C. The smallest absolute Gasteiger partial charge is 0.328 e. The summed E-state index contributed by atoms with van der Waals surface area (Å²) in [4.78, 5) is 27.3. The third-order valence-corrected chi connectivity index (χ3v) is 2.03. The molecule has 98 valence electrons. The largest absolute Gasteiger partial charge is 0.458 e. The van der Waals surface area contributed by atoms with E-state index in [-0.39, 0.29) is 5.91 Å². The molecule has 0 saturated heterocycles. The van der Waals surface area contributed by atoms with Gasteiger partial charge in [-0.2, -0.15) is 0 Å². The molecule has 1 N–H and O–H groups in total. The fraction of sp³-hybridized carbons (Fsp3) is 0.462. The van der Waals surface area contributed by atoms with Gasteiger partial charge < -0.3 is 10.1 Å². The molecule has 5 nitrogen and oxygen atoms in total. The number of carbonyl (C=O) groups is 2. The monoisotopic (exact) mass is 250 g/mol. The van der Waals surface area contributed by atoms with Gasteiger partial charge in [0.05, 0.1) is 5.56 Å². The predicted octanol–water partition coefficient (Wildman–Crippen LogP) is 1.54. The van der Waals surface area contributed by atoms with Crippen LogP contribution < -0.4 is 5.32 Å². The molecule has 0 bridgehead atoms. The zero-order chi connectivity index (χ0) is 13.8. The summed E-state index contributed by atoms with van der Waals surface area (Å²) in [6, 6.07) is 2.59. The van der Waals surface area contributed by atoms with Crippen LogP contribution in [0, 0.1) is 0 Å². The molecule has 1 heterocycles. The number of ether oxygens (including phenoxy) is 1. The van der Waals surface area contributed by atoms with Crippen LogP contribution in [0.25, 0.3) is 0 Å². The van der Waals surface area contributed by atoms with Crippen molar-refractivity contribution in [3.05, 3.63) is 30.1 Å². The van der Waals surface area contributed by atoms with E-state index in [9.17, 15) is 9.59 Å². The minimum atomic E-state index is -0.697. The molecule has 1 atom stereocenters. The Balaban J connectivity index is 2.58. The van der Waals surface area contributed by atoms with Crippen LogP contribution in [0.3, 0.4) is 0 Å². The quantitative estimate of drug-likeness (QED) is 0.826. The average molecular weight is 250 g/mol. The van der Waals surface area contributed by atoms with E-state index in [1.807, 2.05) is 0 Å². The van der Waals surface area contributed by atoms with Crippen LogP contribution in [0.2, 0.25) is 0 Å². The zero-order valence-corrected chi connectivity index (χ0v) is 11.1. The van der Waals surface area contributed by atoms with Crippen molar-refractivity contribution in [1.82, 2.24) is 10.3 Å². The lowest BCUT2D eigenvalue weighted by molar-refractivity contribution is -0.156. The standard InChI is InChI=1S/C13H18N2O3/c1-9(12(17)18-13(2,3)4)15-11(16)10-6-5-7-14-8-10/h5-9H,1-4H3,(H,15,16). The first-order valence-electron chi connectivity index (χ1n) is 5.73. The number of pyridine rings is 1. The zero-order valence-electron chi connectivity index (χ0n) is 11.1. The van der Waals surface area contributed by atoms with Crippen LogP contribution in [0.1, 0.15) is 38.1 Å². The van der Waals surface area contributed by atoms with Gasteiger partial charge in [0, 0.05) is 12.4 Å². The Bertz CT molecular complexity index is 424. The van der Waals surface area contributed by atoms with E-state index in [1.54, 1.807) is 46.0 Å². The van der Waals surface area contributed by atoms with Crippen molar-refractivity contribution < 1.29 is 14.3 Å². The van der Waals surface area contributed by atoms with Crippen LogP contribution in [-0.4, -0.2) is 28.5 Å². The molecule has 0 radical (unpaired) electrons. The van der Waals surface area contributed by atoms with Gasteiger partial charge in [0.2, 0.25) is 0 Å². The summed E-state index contributed by atoms with van der Waals surface area (Å²) in [6.45, 7) is 6.92. The Morgan fingerprint density at radius 1 is 1.39 bits per heavy atom. The van der Waals surface area contributed by atoms with Gasteiger partial charge in [-0.3, -0.25) is 9.78 Å². The van der Waals surface area contributed by atoms with Crippen molar-refractivity contribution in [1.29, 1.82) is 0 Å². The van der Waals surface area contributed by atoms with E-state index in [2.05, 4.69) is 10.3 Å². The highest BCUT2D eigenvalue weighted by Gasteiger charge is 2.23. The van der Waals surface area contributed by atoms with Crippen molar-refractivity contribution in [2.24, 2.45) is 0 Å². The number of amides is 1. The summed E-state index contributed by atoms with van der Waals surface area (Å²) in [7, 11) is 0. The summed E-state index contributed by atoms with van der Waals surface area (Å²) < 4.78 is 5.17. The van der Waals surface area contributed by atoms with E-state index in [4.69, 9.17) is 4.74 Å². The van der Waals surface area contributed by atoms with Crippen LogP contribution in [0.5, 0.6) is 0 Å². The molecule has 1 amide bonds. The number of esters is 1. The highest BCUT2D eigenvalue weighted by molar-refractivity contribution is 5.96. The fourth-order valence-corrected chi connectivity index (χ4v) is 1.23. The fourth-order valence-electron chi connectivity index (χ4n) is 1.23. The third kappa shape index (κ3) is 4.53. The van der Waals surface area contributed by atoms with E-state index >= 15 is 0 Å². The number of nitrogens with zero attached hydrogens (tertiary/aromatic N) is 1. The summed E-state index contributed by atoms with van der Waals surface area (Å²) in [6.07, 6.45) is 3.02. The minimum absolute atomic E-state index is 0.346. The molecule has 5 heteroatoms. The van der Waals surface area contributed by atoms with Gasteiger partial charge in [-0.05, 0) is 39.8 Å². The Kier molecular flexibility index (Phi) is 4.42. The molecule has 0 aromatic carbocycles. The molecule has 0 aliphatic heterocycles. The Morgan fingerprint density at radius 2 is 2.06 bits per heavy atom. The lowest BCUT2D eigenvalue weighted by Gasteiger charge is -2.22. The number of carbonyl (C=O) groups excluding carboxylic acids is 2. The summed E-state index contributed by atoms with van der Waals surface area (Å²) in [5.74, 6) is -0.804. The Labute approximate surface area is 107 Å².